The van der Waals surface area contributed by atoms with Crippen molar-refractivity contribution in [3.63, 3.8) is 0 Å². The molecule has 0 saturated carbocycles. The van der Waals surface area contributed by atoms with Crippen LogP contribution in [0.15, 0.2) is 45.8 Å². The lowest BCUT2D eigenvalue weighted by atomic mass is 10.2. The molecule has 0 saturated heterocycles. The van der Waals surface area contributed by atoms with E-state index in [2.05, 4.69) is 31.0 Å². The quantitative estimate of drug-likeness (QED) is 0.511. The third-order valence-corrected chi connectivity index (χ3v) is 7.47. The number of aryl methyl sites for hydroxylation is 4. The molecule has 3 rings (SSSR count). The fourth-order valence-corrected chi connectivity index (χ4v) is 5.67. The number of carbonyl (C=O) groups excluding carboxylic acids is 1. The molecule has 0 bridgehead atoms. The largest absolute Gasteiger partial charge is 0.321 e. The zero-order chi connectivity index (χ0) is 21.3. The van der Waals surface area contributed by atoms with Crippen LogP contribution < -0.4 is 10.0 Å². The van der Waals surface area contributed by atoms with Crippen molar-refractivity contribution in [1.29, 1.82) is 0 Å². The number of anilines is 2. The maximum absolute atomic E-state index is 12.7. The predicted molar refractivity (Wildman–Crippen MR) is 120 cm³/mol. The second-order valence-corrected chi connectivity index (χ2v) is 10.3. The van der Waals surface area contributed by atoms with Gasteiger partial charge in [0.25, 0.3) is 15.9 Å². The van der Waals surface area contributed by atoms with Crippen molar-refractivity contribution < 1.29 is 13.2 Å². The average Bonchev–Trinajstić information content (AvgIpc) is 2.96. The SMILES string of the molecule is Cc1ccc(S(=O)(=O)Nc2nc(C)c(C(=O)Nc3ccc(Br)cc3C)s2)c(C)c1. The number of rotatable bonds is 5. The molecule has 0 unspecified atom stereocenters. The third-order valence-electron chi connectivity index (χ3n) is 4.28. The lowest BCUT2D eigenvalue weighted by Gasteiger charge is -2.09. The van der Waals surface area contributed by atoms with Crippen LogP contribution in [0.25, 0.3) is 0 Å². The topological polar surface area (TPSA) is 88.2 Å². The van der Waals surface area contributed by atoms with Gasteiger partial charge in [0, 0.05) is 10.2 Å². The van der Waals surface area contributed by atoms with Crippen LogP contribution in [0.5, 0.6) is 0 Å². The smallest absolute Gasteiger partial charge is 0.267 e. The third kappa shape index (κ3) is 4.85. The number of thiazole rings is 1. The van der Waals surface area contributed by atoms with Gasteiger partial charge in [0.15, 0.2) is 5.13 Å². The Morgan fingerprint density at radius 2 is 1.76 bits per heavy atom. The lowest BCUT2D eigenvalue weighted by Crippen LogP contribution is -2.14. The molecule has 0 aliphatic rings. The highest BCUT2D eigenvalue weighted by atomic mass is 79.9. The minimum absolute atomic E-state index is 0.153. The summed E-state index contributed by atoms with van der Waals surface area (Å²) >= 11 is 4.40. The van der Waals surface area contributed by atoms with Crippen LogP contribution in [0.4, 0.5) is 10.8 Å². The Balaban J connectivity index is 1.83. The van der Waals surface area contributed by atoms with Gasteiger partial charge < -0.3 is 5.32 Å². The summed E-state index contributed by atoms with van der Waals surface area (Å²) in [7, 11) is -3.80. The second-order valence-electron chi connectivity index (χ2n) is 6.72. The van der Waals surface area contributed by atoms with Crippen molar-refractivity contribution in [2.75, 3.05) is 10.0 Å². The van der Waals surface area contributed by atoms with Gasteiger partial charge in [0.2, 0.25) is 0 Å². The Kier molecular flexibility index (Phi) is 6.11. The van der Waals surface area contributed by atoms with E-state index in [1.54, 1.807) is 38.1 Å². The van der Waals surface area contributed by atoms with Crippen LogP contribution in [-0.4, -0.2) is 19.3 Å². The standard InChI is InChI=1S/C20H20BrN3O3S2/c1-11-5-8-17(13(3)9-11)29(26,27)24-20-22-14(4)18(28-20)19(25)23-16-7-6-15(21)10-12(16)2/h5-10H,1-4H3,(H,22,24)(H,23,25). The molecule has 1 amide bonds. The number of carbonyl (C=O) groups is 1. The highest BCUT2D eigenvalue weighted by Gasteiger charge is 2.22. The first-order valence-electron chi connectivity index (χ1n) is 8.72. The Hall–Kier alpha value is -2.23. The Labute approximate surface area is 182 Å². The molecule has 9 heteroatoms. The number of hydrogen-bond donors (Lipinski definition) is 2. The molecule has 6 nitrogen and oxygen atoms in total. The number of hydrogen-bond acceptors (Lipinski definition) is 5. The summed E-state index contributed by atoms with van der Waals surface area (Å²) in [5.74, 6) is -0.331. The van der Waals surface area contributed by atoms with E-state index in [4.69, 9.17) is 0 Å². The van der Waals surface area contributed by atoms with E-state index in [-0.39, 0.29) is 15.9 Å². The van der Waals surface area contributed by atoms with E-state index in [0.29, 0.717) is 21.8 Å². The minimum atomic E-state index is -3.80. The zero-order valence-electron chi connectivity index (χ0n) is 16.3. The zero-order valence-corrected chi connectivity index (χ0v) is 19.5. The summed E-state index contributed by atoms with van der Waals surface area (Å²) in [6.07, 6.45) is 0. The maximum Gasteiger partial charge on any atom is 0.267 e. The molecule has 0 atom stereocenters. The predicted octanol–water partition coefficient (Wildman–Crippen LogP) is 5.19. The van der Waals surface area contributed by atoms with Crippen LogP contribution in [-0.2, 0) is 10.0 Å². The number of benzene rings is 2. The van der Waals surface area contributed by atoms with Crippen molar-refractivity contribution in [2.24, 2.45) is 0 Å². The van der Waals surface area contributed by atoms with Gasteiger partial charge in [-0.1, -0.05) is 45.0 Å². The van der Waals surface area contributed by atoms with Crippen molar-refractivity contribution in [1.82, 2.24) is 4.98 Å². The second kappa shape index (κ2) is 8.25. The van der Waals surface area contributed by atoms with Gasteiger partial charge in [-0.3, -0.25) is 9.52 Å². The number of aromatic nitrogens is 1. The highest BCUT2D eigenvalue weighted by molar-refractivity contribution is 9.10. The monoisotopic (exact) mass is 493 g/mol. The van der Waals surface area contributed by atoms with Gasteiger partial charge in [-0.2, -0.15) is 0 Å². The maximum atomic E-state index is 12.7. The molecule has 1 aromatic heterocycles. The summed E-state index contributed by atoms with van der Waals surface area (Å²) in [6, 6.07) is 10.7. The van der Waals surface area contributed by atoms with E-state index in [1.807, 2.05) is 26.0 Å². The van der Waals surface area contributed by atoms with Crippen molar-refractivity contribution in [3.8, 4) is 0 Å². The summed E-state index contributed by atoms with van der Waals surface area (Å²) in [5.41, 5.74) is 3.68. The number of sulfonamides is 1. The van der Waals surface area contributed by atoms with Gasteiger partial charge in [-0.05, 0) is 63.1 Å². The van der Waals surface area contributed by atoms with Gasteiger partial charge in [0.05, 0.1) is 10.6 Å². The first kappa shape index (κ1) is 21.5. The van der Waals surface area contributed by atoms with E-state index >= 15 is 0 Å². The molecular formula is C20H20BrN3O3S2. The Morgan fingerprint density at radius 3 is 2.41 bits per heavy atom. The van der Waals surface area contributed by atoms with Crippen LogP contribution >= 0.6 is 27.3 Å². The minimum Gasteiger partial charge on any atom is -0.321 e. The first-order valence-corrected chi connectivity index (χ1v) is 11.8. The molecule has 2 N–H and O–H groups in total. The normalized spacial score (nSPS) is 11.3. The number of nitrogens with zero attached hydrogens (tertiary/aromatic N) is 1. The van der Waals surface area contributed by atoms with Crippen LogP contribution in [0.1, 0.15) is 32.1 Å². The summed E-state index contributed by atoms with van der Waals surface area (Å²) in [4.78, 5) is 17.5. The molecule has 152 valence electrons. The van der Waals surface area contributed by atoms with Gasteiger partial charge >= 0.3 is 0 Å². The summed E-state index contributed by atoms with van der Waals surface area (Å²) < 4.78 is 28.9. The molecule has 2 aromatic carbocycles. The Morgan fingerprint density at radius 1 is 1.03 bits per heavy atom. The first-order chi connectivity index (χ1) is 13.6. The number of amides is 1. The highest BCUT2D eigenvalue weighted by Crippen LogP contribution is 2.28. The lowest BCUT2D eigenvalue weighted by molar-refractivity contribution is 0.102. The molecule has 0 fully saturated rings. The van der Waals surface area contributed by atoms with Gasteiger partial charge in [-0.25, -0.2) is 13.4 Å². The van der Waals surface area contributed by atoms with E-state index in [9.17, 15) is 13.2 Å². The summed E-state index contributed by atoms with van der Waals surface area (Å²) in [6.45, 7) is 7.21. The van der Waals surface area contributed by atoms with Crippen LogP contribution in [0.3, 0.4) is 0 Å². The molecule has 29 heavy (non-hydrogen) atoms. The molecule has 0 aliphatic carbocycles. The van der Waals surface area contributed by atoms with E-state index in [1.165, 1.54) is 0 Å². The van der Waals surface area contributed by atoms with Crippen molar-refractivity contribution in [2.45, 2.75) is 32.6 Å². The molecule has 0 aliphatic heterocycles. The van der Waals surface area contributed by atoms with Crippen LogP contribution in [0.2, 0.25) is 0 Å². The van der Waals surface area contributed by atoms with E-state index in [0.717, 1.165) is 26.9 Å². The van der Waals surface area contributed by atoms with E-state index < -0.39 is 10.0 Å². The molecule has 3 aromatic rings. The number of nitrogens with one attached hydrogen (secondary N) is 2. The molecule has 1 heterocycles. The number of halogens is 1. The summed E-state index contributed by atoms with van der Waals surface area (Å²) in [5, 5.41) is 3.00. The van der Waals surface area contributed by atoms with Gasteiger partial charge in [-0.15, -0.1) is 0 Å². The molecular weight excluding hydrogens is 474 g/mol. The fourth-order valence-electron chi connectivity index (χ4n) is 2.87. The molecule has 0 radical (unpaired) electrons. The molecule has 0 spiro atoms. The average molecular weight is 494 g/mol. The van der Waals surface area contributed by atoms with Gasteiger partial charge in [0.1, 0.15) is 4.88 Å². The fraction of sp³-hybridized carbons (Fsp3) is 0.200. The van der Waals surface area contributed by atoms with Crippen molar-refractivity contribution in [3.05, 3.63) is 68.1 Å². The van der Waals surface area contributed by atoms with Crippen molar-refractivity contribution >= 4 is 54.0 Å². The van der Waals surface area contributed by atoms with Crippen LogP contribution in [0, 0.1) is 27.7 Å². The Bertz CT molecular complexity index is 1200.